The summed E-state index contributed by atoms with van der Waals surface area (Å²) in [6, 6.07) is 0. The Morgan fingerprint density at radius 3 is 2.56 bits per heavy atom. The van der Waals surface area contributed by atoms with E-state index in [0.717, 1.165) is 17.7 Å². The lowest BCUT2D eigenvalue weighted by atomic mass is 10.2. The lowest BCUT2D eigenvalue weighted by Crippen LogP contribution is -1.98. The van der Waals surface area contributed by atoms with Crippen LogP contribution < -0.4 is 0 Å². The van der Waals surface area contributed by atoms with Gasteiger partial charge in [-0.15, -0.1) is 0 Å². The van der Waals surface area contributed by atoms with Crippen molar-refractivity contribution in [2.24, 2.45) is 0 Å². The van der Waals surface area contributed by atoms with E-state index in [0.29, 0.717) is 20.3 Å². The molecule has 0 N–H and O–H groups in total. The molecule has 2 aromatic rings. The molecule has 0 aliphatic heterocycles. The summed E-state index contributed by atoms with van der Waals surface area (Å²) in [6.07, 6.45) is 2.41. The molecule has 2 aromatic heterocycles. The molecule has 0 aliphatic rings. The van der Waals surface area contributed by atoms with E-state index in [1.807, 2.05) is 13.8 Å². The van der Waals surface area contributed by atoms with E-state index in [-0.39, 0.29) is 0 Å². The van der Waals surface area contributed by atoms with Crippen molar-refractivity contribution in [2.75, 3.05) is 0 Å². The Balaban J connectivity index is 2.52. The van der Waals surface area contributed by atoms with E-state index < -0.39 is 0 Å². The second kappa shape index (κ2) is 4.65. The van der Waals surface area contributed by atoms with Gasteiger partial charge in [-0.3, -0.25) is 0 Å². The molecule has 0 aliphatic carbocycles. The highest BCUT2D eigenvalue weighted by molar-refractivity contribution is 7.18. The maximum Gasteiger partial charge on any atom is 0.190 e. The monoisotopic (exact) mass is 273 g/mol. The minimum Gasteiger partial charge on any atom is -0.240 e. The van der Waals surface area contributed by atoms with E-state index in [1.54, 1.807) is 6.20 Å². The van der Waals surface area contributed by atoms with Gasteiger partial charge in [0.1, 0.15) is 9.49 Å². The third-order valence-electron chi connectivity index (χ3n) is 2.19. The predicted molar refractivity (Wildman–Crippen MR) is 67.3 cm³/mol. The molecule has 0 spiro atoms. The zero-order chi connectivity index (χ0) is 11.7. The zero-order valence-corrected chi connectivity index (χ0v) is 11.1. The Bertz CT molecular complexity index is 502. The number of aryl methyl sites for hydroxylation is 1. The molecule has 0 aromatic carbocycles. The second-order valence-corrected chi connectivity index (χ2v) is 5.25. The molecule has 0 bridgehead atoms. The Labute approximate surface area is 107 Å². The van der Waals surface area contributed by atoms with Crippen molar-refractivity contribution in [1.29, 1.82) is 0 Å². The van der Waals surface area contributed by atoms with Gasteiger partial charge in [0.05, 0.1) is 6.20 Å². The fourth-order valence-electron chi connectivity index (χ4n) is 1.42. The molecular weight excluding hydrogens is 265 g/mol. The standard InChI is InChI=1S/C10H9Cl2N3S/c1-3-6-5(2)14-9(15-8(6)12)10-13-4-7(11)16-10/h4H,3H2,1-2H3. The SMILES string of the molecule is CCc1c(C)nc(-c2ncc(Cl)s2)nc1Cl. The number of thiazole rings is 1. The Morgan fingerprint density at radius 2 is 2.06 bits per heavy atom. The van der Waals surface area contributed by atoms with Crippen LogP contribution in [0.5, 0.6) is 0 Å². The summed E-state index contributed by atoms with van der Waals surface area (Å²) in [5, 5.41) is 1.19. The average molecular weight is 274 g/mol. The Morgan fingerprint density at radius 1 is 1.31 bits per heavy atom. The second-order valence-electron chi connectivity index (χ2n) is 3.23. The fourth-order valence-corrected chi connectivity index (χ4v) is 2.61. The van der Waals surface area contributed by atoms with Crippen molar-refractivity contribution >= 4 is 34.5 Å². The van der Waals surface area contributed by atoms with Gasteiger partial charge in [-0.2, -0.15) is 0 Å². The van der Waals surface area contributed by atoms with E-state index in [2.05, 4.69) is 15.0 Å². The van der Waals surface area contributed by atoms with Gasteiger partial charge < -0.3 is 0 Å². The van der Waals surface area contributed by atoms with Gasteiger partial charge in [0.2, 0.25) is 0 Å². The van der Waals surface area contributed by atoms with Crippen molar-refractivity contribution < 1.29 is 0 Å². The number of nitrogens with zero attached hydrogens (tertiary/aromatic N) is 3. The molecular formula is C10H9Cl2N3S. The highest BCUT2D eigenvalue weighted by Gasteiger charge is 2.12. The summed E-state index contributed by atoms with van der Waals surface area (Å²) in [5.74, 6) is 0.539. The lowest BCUT2D eigenvalue weighted by Gasteiger charge is -2.05. The molecule has 2 rings (SSSR count). The molecule has 6 heteroatoms. The molecule has 2 heterocycles. The minimum absolute atomic E-state index is 0.497. The van der Waals surface area contributed by atoms with Crippen LogP contribution in [0.1, 0.15) is 18.2 Å². The topological polar surface area (TPSA) is 38.7 Å². The first-order valence-corrected chi connectivity index (χ1v) is 6.33. The number of hydrogen-bond donors (Lipinski definition) is 0. The summed E-state index contributed by atoms with van der Waals surface area (Å²) in [7, 11) is 0. The molecule has 0 saturated carbocycles. The first kappa shape index (κ1) is 11.8. The minimum atomic E-state index is 0.497. The summed E-state index contributed by atoms with van der Waals surface area (Å²) < 4.78 is 0.618. The highest BCUT2D eigenvalue weighted by atomic mass is 35.5. The van der Waals surface area contributed by atoms with Gasteiger partial charge in [-0.05, 0) is 13.3 Å². The van der Waals surface area contributed by atoms with Gasteiger partial charge in [-0.25, -0.2) is 15.0 Å². The van der Waals surface area contributed by atoms with E-state index in [4.69, 9.17) is 23.2 Å². The molecule has 0 amide bonds. The maximum absolute atomic E-state index is 6.08. The molecule has 0 fully saturated rings. The van der Waals surface area contributed by atoms with Gasteiger partial charge in [0.15, 0.2) is 10.8 Å². The van der Waals surface area contributed by atoms with Crippen LogP contribution in [0.3, 0.4) is 0 Å². The first-order valence-electron chi connectivity index (χ1n) is 4.76. The smallest absolute Gasteiger partial charge is 0.190 e. The molecule has 3 nitrogen and oxygen atoms in total. The van der Waals surface area contributed by atoms with Gasteiger partial charge >= 0.3 is 0 Å². The highest BCUT2D eigenvalue weighted by Crippen LogP contribution is 2.28. The largest absolute Gasteiger partial charge is 0.240 e. The van der Waals surface area contributed by atoms with Crippen LogP contribution in [-0.2, 0) is 6.42 Å². The van der Waals surface area contributed by atoms with Crippen molar-refractivity contribution in [3.63, 3.8) is 0 Å². The van der Waals surface area contributed by atoms with Gasteiger partial charge in [-0.1, -0.05) is 41.5 Å². The maximum atomic E-state index is 6.08. The summed E-state index contributed by atoms with van der Waals surface area (Å²) >= 11 is 13.2. The molecule has 0 unspecified atom stereocenters. The zero-order valence-electron chi connectivity index (χ0n) is 8.79. The van der Waals surface area contributed by atoms with Crippen LogP contribution in [0.25, 0.3) is 10.8 Å². The van der Waals surface area contributed by atoms with Crippen LogP contribution in [0, 0.1) is 6.92 Å². The molecule has 0 saturated heterocycles. The quantitative estimate of drug-likeness (QED) is 0.782. The van der Waals surface area contributed by atoms with E-state index in [1.165, 1.54) is 11.3 Å². The predicted octanol–water partition coefficient (Wildman–Crippen LogP) is 3.78. The van der Waals surface area contributed by atoms with Crippen LogP contribution in [0.4, 0.5) is 0 Å². The first-order chi connectivity index (χ1) is 7.61. The Hall–Kier alpha value is -0.710. The van der Waals surface area contributed by atoms with E-state index >= 15 is 0 Å². The summed E-state index contributed by atoms with van der Waals surface area (Å²) in [4.78, 5) is 12.7. The van der Waals surface area contributed by atoms with Crippen molar-refractivity contribution in [2.45, 2.75) is 20.3 Å². The number of hydrogen-bond acceptors (Lipinski definition) is 4. The number of rotatable bonds is 2. The van der Waals surface area contributed by atoms with Gasteiger partial charge in [0, 0.05) is 11.3 Å². The van der Waals surface area contributed by atoms with Crippen molar-refractivity contribution in [3.05, 3.63) is 26.9 Å². The molecule has 0 atom stereocenters. The average Bonchev–Trinajstić information content (AvgIpc) is 2.64. The normalized spacial score (nSPS) is 10.8. The fraction of sp³-hybridized carbons (Fsp3) is 0.300. The third kappa shape index (κ3) is 2.19. The van der Waals surface area contributed by atoms with Crippen LogP contribution >= 0.6 is 34.5 Å². The number of aromatic nitrogens is 3. The van der Waals surface area contributed by atoms with E-state index in [9.17, 15) is 0 Å². The molecule has 0 radical (unpaired) electrons. The van der Waals surface area contributed by atoms with Crippen molar-refractivity contribution in [1.82, 2.24) is 15.0 Å². The number of halogens is 2. The van der Waals surface area contributed by atoms with Crippen LogP contribution in [0.15, 0.2) is 6.20 Å². The van der Waals surface area contributed by atoms with Crippen LogP contribution in [-0.4, -0.2) is 15.0 Å². The van der Waals surface area contributed by atoms with Crippen LogP contribution in [0.2, 0.25) is 9.49 Å². The lowest BCUT2D eigenvalue weighted by molar-refractivity contribution is 1.000. The summed E-state index contributed by atoms with van der Waals surface area (Å²) in [6.45, 7) is 3.95. The van der Waals surface area contributed by atoms with Gasteiger partial charge in [0.25, 0.3) is 0 Å². The summed E-state index contributed by atoms with van der Waals surface area (Å²) in [5.41, 5.74) is 1.87. The van der Waals surface area contributed by atoms with Crippen molar-refractivity contribution in [3.8, 4) is 10.8 Å². The third-order valence-corrected chi connectivity index (χ3v) is 3.61. The Kier molecular flexibility index (Phi) is 3.42. The molecule has 16 heavy (non-hydrogen) atoms. The molecule has 84 valence electrons.